The fourth-order valence-corrected chi connectivity index (χ4v) is 5.38. The molecule has 5 aromatic rings. The summed E-state index contributed by atoms with van der Waals surface area (Å²) in [5.74, 6) is -0.761. The van der Waals surface area contributed by atoms with Gasteiger partial charge in [0.15, 0.2) is 0 Å². The summed E-state index contributed by atoms with van der Waals surface area (Å²) in [7, 11) is 0. The lowest BCUT2D eigenvalue weighted by Gasteiger charge is -2.34. The van der Waals surface area contributed by atoms with Crippen LogP contribution in [-0.4, -0.2) is 21.2 Å². The van der Waals surface area contributed by atoms with Crippen LogP contribution < -0.4 is 10.5 Å². The maximum Gasteiger partial charge on any atom is 0.265 e. The quantitative estimate of drug-likeness (QED) is 0.285. The molecule has 0 radical (unpaired) electrons. The number of fused-ring (bicyclic) bond motifs is 2. The fraction of sp³-hybridized carbons (Fsp3) is 0.267. The zero-order chi connectivity index (χ0) is 25.7. The maximum absolute atomic E-state index is 14.1. The second-order valence-electron chi connectivity index (χ2n) is 11.7. The van der Waals surface area contributed by atoms with Crippen molar-refractivity contribution in [2.24, 2.45) is 0 Å². The molecule has 0 bridgehead atoms. The van der Waals surface area contributed by atoms with E-state index in [2.05, 4.69) is 52.6 Å². The Bertz CT molecular complexity index is 1790. The molecule has 1 aliphatic rings. The van der Waals surface area contributed by atoms with Gasteiger partial charge in [-0.15, -0.1) is 0 Å². The van der Waals surface area contributed by atoms with Crippen molar-refractivity contribution in [3.8, 4) is 0 Å². The van der Waals surface area contributed by atoms with Crippen molar-refractivity contribution in [2.45, 2.75) is 52.4 Å². The second-order valence-corrected chi connectivity index (χ2v) is 11.7. The van der Waals surface area contributed by atoms with Crippen LogP contribution in [-0.2, 0) is 10.8 Å². The van der Waals surface area contributed by atoms with Gasteiger partial charge in [0.2, 0.25) is 0 Å². The van der Waals surface area contributed by atoms with Gasteiger partial charge in [0.1, 0.15) is 5.65 Å². The molecule has 6 heteroatoms. The third-order valence-electron chi connectivity index (χ3n) is 7.27. The minimum atomic E-state index is -0.380. The molecule has 0 aliphatic carbocycles. The minimum Gasteiger partial charge on any atom is -0.268 e. The summed E-state index contributed by atoms with van der Waals surface area (Å²) < 4.78 is 1.51. The lowest BCUT2D eigenvalue weighted by molar-refractivity contribution is 0.0893. The van der Waals surface area contributed by atoms with Gasteiger partial charge >= 0.3 is 0 Å². The van der Waals surface area contributed by atoms with Gasteiger partial charge in [0, 0.05) is 45.1 Å². The zero-order valence-corrected chi connectivity index (χ0v) is 21.3. The van der Waals surface area contributed by atoms with E-state index in [1.165, 1.54) is 9.30 Å². The average molecular weight is 478 g/mol. The highest BCUT2D eigenvalue weighted by atomic mass is 16.2. The molecule has 2 aromatic heterocycles. The Morgan fingerprint density at radius 2 is 1.36 bits per heavy atom. The SMILES string of the molecule is CC(C)(C)c1ccc(C(C)(C)C)c(N2C(=O)c3ccc4c(=O)n5ccnc5c5ccc(c3c45)C2=O)c1. The first-order valence-electron chi connectivity index (χ1n) is 12.1. The summed E-state index contributed by atoms with van der Waals surface area (Å²) in [4.78, 5) is 47.0. The average Bonchev–Trinajstić information content (AvgIpc) is 3.30. The zero-order valence-electron chi connectivity index (χ0n) is 21.3. The number of nitrogens with zero attached hydrogens (tertiary/aromatic N) is 3. The number of aromatic nitrogens is 2. The van der Waals surface area contributed by atoms with Gasteiger partial charge in [-0.3, -0.25) is 18.8 Å². The Balaban J connectivity index is 1.67. The number of hydrogen-bond donors (Lipinski definition) is 0. The van der Waals surface area contributed by atoms with Crippen LogP contribution in [0.25, 0.3) is 27.2 Å². The molecule has 0 atom stereocenters. The van der Waals surface area contributed by atoms with Crippen LogP contribution in [0.5, 0.6) is 0 Å². The molecule has 0 saturated heterocycles. The highest BCUT2D eigenvalue weighted by molar-refractivity contribution is 6.38. The van der Waals surface area contributed by atoms with Crippen molar-refractivity contribution < 1.29 is 9.59 Å². The lowest BCUT2D eigenvalue weighted by Crippen LogP contribution is -2.42. The smallest absolute Gasteiger partial charge is 0.265 e. The molecule has 0 saturated carbocycles. The summed E-state index contributed by atoms with van der Waals surface area (Å²) in [5, 5.41) is 2.36. The third-order valence-corrected chi connectivity index (χ3v) is 7.27. The van der Waals surface area contributed by atoms with E-state index in [4.69, 9.17) is 0 Å². The summed E-state index contributed by atoms with van der Waals surface area (Å²) in [6.45, 7) is 12.6. The van der Waals surface area contributed by atoms with Gasteiger partial charge in [0.05, 0.1) is 5.69 Å². The molecular formula is C30H27N3O3. The molecule has 1 aliphatic heterocycles. The van der Waals surface area contributed by atoms with Gasteiger partial charge in [-0.2, -0.15) is 0 Å². The van der Waals surface area contributed by atoms with Crippen LogP contribution in [0.15, 0.2) is 59.7 Å². The van der Waals surface area contributed by atoms with Crippen LogP contribution in [0.2, 0.25) is 0 Å². The van der Waals surface area contributed by atoms with E-state index in [-0.39, 0.29) is 28.2 Å². The van der Waals surface area contributed by atoms with Gasteiger partial charge in [-0.25, -0.2) is 9.88 Å². The predicted octanol–water partition coefficient (Wildman–Crippen LogP) is 5.83. The number of hydrogen-bond acceptors (Lipinski definition) is 4. The first kappa shape index (κ1) is 22.4. The van der Waals surface area contributed by atoms with Gasteiger partial charge < -0.3 is 0 Å². The van der Waals surface area contributed by atoms with E-state index in [0.29, 0.717) is 38.6 Å². The van der Waals surface area contributed by atoms with Crippen molar-refractivity contribution in [1.82, 2.24) is 9.38 Å². The summed E-state index contributed by atoms with van der Waals surface area (Å²) in [5.41, 5.74) is 3.26. The van der Waals surface area contributed by atoms with Crippen molar-refractivity contribution >= 4 is 44.7 Å². The second kappa shape index (κ2) is 7.00. The molecule has 0 spiro atoms. The third kappa shape index (κ3) is 2.90. The number of carbonyl (C=O) groups is 2. The van der Waals surface area contributed by atoms with E-state index in [0.717, 1.165) is 16.5 Å². The van der Waals surface area contributed by atoms with E-state index < -0.39 is 0 Å². The Labute approximate surface area is 208 Å². The molecule has 0 unspecified atom stereocenters. The van der Waals surface area contributed by atoms with Crippen LogP contribution >= 0.6 is 0 Å². The largest absolute Gasteiger partial charge is 0.268 e. The Hall–Kier alpha value is -4.06. The Kier molecular flexibility index (Phi) is 4.36. The molecule has 3 heterocycles. The van der Waals surface area contributed by atoms with Gasteiger partial charge in [0.25, 0.3) is 17.4 Å². The van der Waals surface area contributed by atoms with Crippen LogP contribution in [0.1, 0.15) is 73.4 Å². The first-order chi connectivity index (χ1) is 16.9. The molecule has 3 aromatic carbocycles. The van der Waals surface area contributed by atoms with Crippen LogP contribution in [0.3, 0.4) is 0 Å². The van der Waals surface area contributed by atoms with E-state index >= 15 is 0 Å². The number of imidazole rings is 1. The Morgan fingerprint density at radius 3 is 1.97 bits per heavy atom. The molecule has 0 N–H and O–H groups in total. The van der Waals surface area contributed by atoms with Crippen molar-refractivity contribution in [2.75, 3.05) is 4.90 Å². The van der Waals surface area contributed by atoms with E-state index in [9.17, 15) is 14.4 Å². The highest BCUT2D eigenvalue weighted by Crippen LogP contribution is 2.41. The topological polar surface area (TPSA) is 71.8 Å². The Morgan fingerprint density at radius 1 is 0.722 bits per heavy atom. The molecular weight excluding hydrogens is 450 g/mol. The van der Waals surface area contributed by atoms with Crippen LogP contribution in [0.4, 0.5) is 5.69 Å². The van der Waals surface area contributed by atoms with Crippen LogP contribution in [0, 0.1) is 0 Å². The first-order valence-corrected chi connectivity index (χ1v) is 12.1. The predicted molar refractivity (Wildman–Crippen MR) is 143 cm³/mol. The minimum absolute atomic E-state index is 0.159. The summed E-state index contributed by atoms with van der Waals surface area (Å²) in [6, 6.07) is 13.0. The molecule has 6 rings (SSSR count). The van der Waals surface area contributed by atoms with Gasteiger partial charge in [-0.05, 0) is 52.3 Å². The number of anilines is 1. The monoisotopic (exact) mass is 477 g/mol. The van der Waals surface area contributed by atoms with Crippen molar-refractivity contribution in [3.05, 3.63) is 87.5 Å². The van der Waals surface area contributed by atoms with Gasteiger partial charge in [-0.1, -0.05) is 53.7 Å². The normalized spacial score (nSPS) is 14.6. The number of carbonyl (C=O) groups excluding carboxylic acids is 2. The molecule has 180 valence electrons. The number of benzene rings is 3. The fourth-order valence-electron chi connectivity index (χ4n) is 5.38. The summed E-state index contributed by atoms with van der Waals surface area (Å²) in [6.07, 6.45) is 3.22. The number of pyridine rings is 1. The lowest BCUT2D eigenvalue weighted by atomic mass is 9.80. The number of amides is 2. The molecule has 2 amide bonds. The summed E-state index contributed by atoms with van der Waals surface area (Å²) >= 11 is 0. The highest BCUT2D eigenvalue weighted by Gasteiger charge is 2.38. The molecule has 6 nitrogen and oxygen atoms in total. The van der Waals surface area contributed by atoms with E-state index in [1.807, 2.05) is 18.2 Å². The van der Waals surface area contributed by atoms with Crippen molar-refractivity contribution in [1.29, 1.82) is 0 Å². The standard InChI is InChI=1S/C30H27N3O3/c1-29(2,3)16-7-12-21(30(4,5)6)22(15-16)33-27(35)19-9-8-17-23-18(10-11-20(24(19)23)28(33)36)26(34)32-14-13-31-25(17)32/h7-15H,1-6H3. The maximum atomic E-state index is 14.1. The molecule has 36 heavy (non-hydrogen) atoms. The molecule has 0 fully saturated rings. The van der Waals surface area contributed by atoms with Crippen molar-refractivity contribution in [3.63, 3.8) is 0 Å². The van der Waals surface area contributed by atoms with E-state index in [1.54, 1.807) is 30.6 Å². The number of imide groups is 1. The number of rotatable bonds is 1.